The lowest BCUT2D eigenvalue weighted by Crippen LogP contribution is -2.31. The molecule has 1 aromatic carbocycles. The van der Waals surface area contributed by atoms with E-state index >= 15 is 4.39 Å². The topological polar surface area (TPSA) is 88.8 Å². The summed E-state index contributed by atoms with van der Waals surface area (Å²) in [5.41, 5.74) is 2.88. The summed E-state index contributed by atoms with van der Waals surface area (Å²) < 4.78 is 16.9. The Hall–Kier alpha value is -3.85. The molecule has 0 spiro atoms. The number of pyridine rings is 1. The lowest BCUT2D eigenvalue weighted by atomic mass is 10.0. The number of carbonyl (C=O) groups is 1. The zero-order valence-electron chi connectivity index (χ0n) is 17.7. The van der Waals surface area contributed by atoms with Gasteiger partial charge in [0.05, 0.1) is 24.0 Å². The van der Waals surface area contributed by atoms with Crippen LogP contribution in [-0.2, 0) is 24.7 Å². The Morgan fingerprint density at radius 3 is 2.88 bits per heavy atom. The van der Waals surface area contributed by atoms with E-state index in [1.54, 1.807) is 54.7 Å². The van der Waals surface area contributed by atoms with Crippen LogP contribution in [0.25, 0.3) is 11.3 Å². The minimum absolute atomic E-state index is 0.0578. The molecular formula is C23H19ClFN7O. The van der Waals surface area contributed by atoms with Crippen LogP contribution in [0.2, 0.25) is 5.02 Å². The van der Waals surface area contributed by atoms with Crippen LogP contribution >= 0.6 is 11.6 Å². The molecule has 1 amide bonds. The standard InChI is InChI=1S/C23H19ClFN7O/c1-31-20(4-8-28-31)30-23-27-7-3-19(29-23)15-10-14-5-9-32(22(14)18(25)11-15)21(33)12-16-13-26-6-2-17(16)24/h2-4,6-8,10-11,13H,5,9,12H2,1H3,(H,27,29,30). The molecule has 0 bridgehead atoms. The number of aromatic nitrogens is 5. The molecule has 10 heteroatoms. The average Bonchev–Trinajstić information content (AvgIpc) is 3.42. The second-order valence-electron chi connectivity index (χ2n) is 7.64. The first-order valence-corrected chi connectivity index (χ1v) is 10.7. The molecule has 0 saturated carbocycles. The van der Waals surface area contributed by atoms with Crippen molar-refractivity contribution in [2.75, 3.05) is 16.8 Å². The Bertz CT molecular complexity index is 1360. The summed E-state index contributed by atoms with van der Waals surface area (Å²) in [6.45, 7) is 0.406. The number of fused-ring (bicyclic) bond motifs is 1. The lowest BCUT2D eigenvalue weighted by molar-refractivity contribution is -0.117. The fourth-order valence-corrected chi connectivity index (χ4v) is 4.05. The smallest absolute Gasteiger partial charge is 0.231 e. The van der Waals surface area contributed by atoms with Crippen LogP contribution in [0.3, 0.4) is 0 Å². The van der Waals surface area contributed by atoms with Gasteiger partial charge in [0.15, 0.2) is 0 Å². The number of anilines is 3. The van der Waals surface area contributed by atoms with Gasteiger partial charge >= 0.3 is 0 Å². The third kappa shape index (κ3) is 4.14. The molecule has 0 radical (unpaired) electrons. The van der Waals surface area contributed by atoms with Gasteiger partial charge in [0.25, 0.3) is 0 Å². The summed E-state index contributed by atoms with van der Waals surface area (Å²) in [6.07, 6.45) is 7.01. The molecule has 0 aliphatic carbocycles. The second kappa shape index (κ2) is 8.59. The molecule has 5 rings (SSSR count). The molecule has 1 aliphatic heterocycles. The van der Waals surface area contributed by atoms with Gasteiger partial charge in [-0.15, -0.1) is 0 Å². The van der Waals surface area contributed by atoms with E-state index < -0.39 is 5.82 Å². The van der Waals surface area contributed by atoms with Crippen molar-refractivity contribution in [1.29, 1.82) is 0 Å². The van der Waals surface area contributed by atoms with Gasteiger partial charge in [0, 0.05) is 48.8 Å². The molecule has 1 aliphatic rings. The van der Waals surface area contributed by atoms with Crippen molar-refractivity contribution in [3.05, 3.63) is 77.1 Å². The molecule has 0 saturated heterocycles. The number of hydrogen-bond donors (Lipinski definition) is 1. The van der Waals surface area contributed by atoms with E-state index in [4.69, 9.17) is 11.6 Å². The lowest BCUT2D eigenvalue weighted by Gasteiger charge is -2.19. The van der Waals surface area contributed by atoms with Crippen LogP contribution in [0.5, 0.6) is 0 Å². The Morgan fingerprint density at radius 1 is 1.21 bits per heavy atom. The first-order valence-electron chi connectivity index (χ1n) is 10.3. The fourth-order valence-electron chi connectivity index (χ4n) is 3.88. The summed E-state index contributed by atoms with van der Waals surface area (Å²) >= 11 is 6.15. The van der Waals surface area contributed by atoms with E-state index in [0.29, 0.717) is 46.4 Å². The number of aryl methyl sites for hydroxylation is 1. The van der Waals surface area contributed by atoms with Crippen molar-refractivity contribution in [3.8, 4) is 11.3 Å². The van der Waals surface area contributed by atoms with Crippen molar-refractivity contribution in [2.45, 2.75) is 12.8 Å². The molecule has 33 heavy (non-hydrogen) atoms. The summed E-state index contributed by atoms with van der Waals surface area (Å²) in [7, 11) is 1.80. The van der Waals surface area contributed by atoms with Crippen LogP contribution in [-0.4, -0.2) is 37.2 Å². The Labute approximate surface area is 194 Å². The fraction of sp³-hybridized carbons (Fsp3) is 0.174. The van der Waals surface area contributed by atoms with E-state index in [1.807, 2.05) is 6.07 Å². The Morgan fingerprint density at radius 2 is 2.09 bits per heavy atom. The molecule has 0 atom stereocenters. The van der Waals surface area contributed by atoms with Gasteiger partial charge in [-0.1, -0.05) is 11.6 Å². The highest BCUT2D eigenvalue weighted by Crippen LogP contribution is 2.35. The third-order valence-electron chi connectivity index (χ3n) is 5.52. The van der Waals surface area contributed by atoms with Gasteiger partial charge < -0.3 is 10.2 Å². The first-order chi connectivity index (χ1) is 16.0. The van der Waals surface area contributed by atoms with Gasteiger partial charge in [-0.05, 0) is 41.8 Å². The van der Waals surface area contributed by atoms with Gasteiger partial charge in [-0.2, -0.15) is 5.10 Å². The number of hydrogen-bond acceptors (Lipinski definition) is 6. The number of halogens is 2. The first kappa shape index (κ1) is 21.0. The van der Waals surface area contributed by atoms with Gasteiger partial charge in [-0.25, -0.2) is 14.4 Å². The largest absolute Gasteiger partial charge is 0.309 e. The Kier molecular flexibility index (Phi) is 5.47. The molecule has 3 aromatic heterocycles. The second-order valence-corrected chi connectivity index (χ2v) is 8.04. The number of nitrogens with zero attached hydrogens (tertiary/aromatic N) is 6. The number of nitrogens with one attached hydrogen (secondary N) is 1. The summed E-state index contributed by atoms with van der Waals surface area (Å²) in [4.78, 5) is 27.1. The zero-order chi connectivity index (χ0) is 22.9. The van der Waals surface area contributed by atoms with E-state index in [2.05, 4.69) is 25.4 Å². The summed E-state index contributed by atoms with van der Waals surface area (Å²) in [5.74, 6) is 0.419. The number of rotatable bonds is 5. The number of carbonyl (C=O) groups excluding carboxylic acids is 1. The van der Waals surface area contributed by atoms with Crippen LogP contribution in [0.15, 0.2) is 55.1 Å². The maximum absolute atomic E-state index is 15.2. The third-order valence-corrected chi connectivity index (χ3v) is 5.88. The molecule has 0 fully saturated rings. The van der Waals surface area contributed by atoms with Gasteiger partial charge in [-0.3, -0.25) is 14.5 Å². The highest BCUT2D eigenvalue weighted by molar-refractivity contribution is 6.31. The van der Waals surface area contributed by atoms with Crippen molar-refractivity contribution in [2.24, 2.45) is 7.05 Å². The number of benzene rings is 1. The predicted molar refractivity (Wildman–Crippen MR) is 123 cm³/mol. The molecule has 166 valence electrons. The Balaban J connectivity index is 1.40. The average molecular weight is 464 g/mol. The minimum atomic E-state index is -0.467. The highest BCUT2D eigenvalue weighted by atomic mass is 35.5. The maximum Gasteiger partial charge on any atom is 0.231 e. The van der Waals surface area contributed by atoms with Gasteiger partial charge in [0.1, 0.15) is 11.6 Å². The van der Waals surface area contributed by atoms with E-state index in [1.165, 1.54) is 11.0 Å². The molecule has 4 heterocycles. The monoisotopic (exact) mass is 463 g/mol. The quantitative estimate of drug-likeness (QED) is 0.482. The predicted octanol–water partition coefficient (Wildman–Crippen LogP) is 3.94. The minimum Gasteiger partial charge on any atom is -0.309 e. The van der Waals surface area contributed by atoms with Crippen LogP contribution in [0, 0.1) is 5.82 Å². The summed E-state index contributed by atoms with van der Waals surface area (Å²) in [6, 6.07) is 8.43. The summed E-state index contributed by atoms with van der Waals surface area (Å²) in [5, 5.41) is 7.66. The molecule has 0 unspecified atom stereocenters. The SMILES string of the molecule is Cn1nccc1Nc1nccc(-c2cc(F)c3c(c2)CCN3C(=O)Cc2cnccc2Cl)n1. The highest BCUT2D eigenvalue weighted by Gasteiger charge is 2.29. The van der Waals surface area contributed by atoms with Crippen LogP contribution in [0.1, 0.15) is 11.1 Å². The van der Waals surface area contributed by atoms with Crippen molar-refractivity contribution in [1.82, 2.24) is 24.7 Å². The van der Waals surface area contributed by atoms with E-state index in [9.17, 15) is 4.79 Å². The van der Waals surface area contributed by atoms with Crippen LogP contribution < -0.4 is 10.2 Å². The van der Waals surface area contributed by atoms with E-state index in [0.717, 1.165) is 11.4 Å². The van der Waals surface area contributed by atoms with Crippen LogP contribution in [0.4, 0.5) is 21.8 Å². The molecular weight excluding hydrogens is 445 g/mol. The van der Waals surface area contributed by atoms with Crippen molar-refractivity contribution < 1.29 is 9.18 Å². The van der Waals surface area contributed by atoms with Gasteiger partial charge in [0.2, 0.25) is 11.9 Å². The molecule has 1 N–H and O–H groups in total. The number of amides is 1. The van der Waals surface area contributed by atoms with Crippen molar-refractivity contribution in [3.63, 3.8) is 0 Å². The normalized spacial score (nSPS) is 12.6. The zero-order valence-corrected chi connectivity index (χ0v) is 18.4. The molecule has 8 nitrogen and oxygen atoms in total. The molecule has 4 aromatic rings. The van der Waals surface area contributed by atoms with Crippen molar-refractivity contribution >= 4 is 35.0 Å². The van der Waals surface area contributed by atoms with E-state index in [-0.39, 0.29) is 12.3 Å². The maximum atomic E-state index is 15.2.